The number of rotatable bonds is 7. The van der Waals surface area contributed by atoms with Gasteiger partial charge in [0.1, 0.15) is 0 Å². The molecule has 0 saturated carbocycles. The maximum Gasteiger partial charge on any atom is 0.261 e. The lowest BCUT2D eigenvalue weighted by atomic mass is 10.1. The molecule has 0 radical (unpaired) electrons. The molecule has 1 N–H and O–H groups in total. The molecule has 1 heterocycles. The number of carbonyl (C=O) groups excluding carboxylic acids is 3. The third-order valence-electron chi connectivity index (χ3n) is 4.56. The average molecular weight is 350 g/mol. The van der Waals surface area contributed by atoms with Crippen molar-refractivity contribution in [3.05, 3.63) is 71.3 Å². The Kier molecular flexibility index (Phi) is 5.46. The van der Waals surface area contributed by atoms with Crippen molar-refractivity contribution in [1.29, 1.82) is 0 Å². The van der Waals surface area contributed by atoms with Gasteiger partial charge in [0.05, 0.1) is 11.1 Å². The van der Waals surface area contributed by atoms with E-state index in [1.165, 1.54) is 5.56 Å². The van der Waals surface area contributed by atoms with Crippen LogP contribution < -0.4 is 5.32 Å². The van der Waals surface area contributed by atoms with Crippen molar-refractivity contribution in [2.24, 2.45) is 0 Å². The highest BCUT2D eigenvalue weighted by Gasteiger charge is 2.34. The highest BCUT2D eigenvalue weighted by atomic mass is 16.2. The predicted molar refractivity (Wildman–Crippen MR) is 98.8 cm³/mol. The monoisotopic (exact) mass is 350 g/mol. The lowest BCUT2D eigenvalue weighted by molar-refractivity contribution is -0.121. The van der Waals surface area contributed by atoms with Crippen LogP contribution in [0.3, 0.4) is 0 Å². The van der Waals surface area contributed by atoms with E-state index < -0.39 is 0 Å². The molecule has 0 aliphatic carbocycles. The van der Waals surface area contributed by atoms with E-state index in [0.29, 0.717) is 11.1 Å². The van der Waals surface area contributed by atoms with Gasteiger partial charge >= 0.3 is 0 Å². The summed E-state index contributed by atoms with van der Waals surface area (Å²) in [5.74, 6) is -0.798. The molecule has 26 heavy (non-hydrogen) atoms. The van der Waals surface area contributed by atoms with Crippen molar-refractivity contribution in [2.45, 2.75) is 32.2 Å². The summed E-state index contributed by atoms with van der Waals surface area (Å²) in [5, 5.41) is 2.94. The van der Waals surface area contributed by atoms with Crippen molar-refractivity contribution in [3.8, 4) is 0 Å². The molecule has 0 fully saturated rings. The van der Waals surface area contributed by atoms with Crippen LogP contribution in [0.4, 0.5) is 0 Å². The van der Waals surface area contributed by atoms with E-state index in [-0.39, 0.29) is 36.7 Å². The molecule has 0 bridgehead atoms. The van der Waals surface area contributed by atoms with Gasteiger partial charge < -0.3 is 5.32 Å². The van der Waals surface area contributed by atoms with Gasteiger partial charge in [-0.1, -0.05) is 42.5 Å². The highest BCUT2D eigenvalue weighted by Crippen LogP contribution is 2.22. The maximum atomic E-state index is 12.3. The second-order valence-electron chi connectivity index (χ2n) is 6.55. The maximum absolute atomic E-state index is 12.3. The molecule has 1 aliphatic rings. The Morgan fingerprint density at radius 1 is 0.962 bits per heavy atom. The van der Waals surface area contributed by atoms with Gasteiger partial charge in [0.2, 0.25) is 5.91 Å². The molecule has 1 aliphatic heterocycles. The molecule has 3 amide bonds. The van der Waals surface area contributed by atoms with E-state index in [4.69, 9.17) is 0 Å². The van der Waals surface area contributed by atoms with Crippen molar-refractivity contribution in [1.82, 2.24) is 10.2 Å². The zero-order valence-electron chi connectivity index (χ0n) is 14.8. The quantitative estimate of drug-likeness (QED) is 0.781. The standard InChI is InChI=1S/C21H22N2O3/c1-15(11-12-16-7-3-2-4-8-16)22-19(24)13-14-23-20(25)17-9-5-6-10-18(17)21(23)26/h2-10,15H,11-14H2,1H3,(H,22,24). The Labute approximate surface area is 153 Å². The summed E-state index contributed by atoms with van der Waals surface area (Å²) in [7, 11) is 0. The van der Waals surface area contributed by atoms with Crippen LogP contribution in [0.2, 0.25) is 0 Å². The Balaban J connectivity index is 1.46. The molecule has 2 aromatic rings. The first-order valence-corrected chi connectivity index (χ1v) is 8.85. The summed E-state index contributed by atoms with van der Waals surface area (Å²) in [6.07, 6.45) is 1.84. The van der Waals surface area contributed by atoms with Crippen molar-refractivity contribution >= 4 is 17.7 Å². The number of aryl methyl sites for hydroxylation is 1. The summed E-state index contributed by atoms with van der Waals surface area (Å²) in [6, 6.07) is 16.9. The van der Waals surface area contributed by atoms with Gasteiger partial charge in [-0.05, 0) is 37.5 Å². The minimum Gasteiger partial charge on any atom is -0.354 e. The summed E-state index contributed by atoms with van der Waals surface area (Å²) < 4.78 is 0. The molecule has 134 valence electrons. The lowest BCUT2D eigenvalue weighted by Crippen LogP contribution is -2.37. The minimum atomic E-state index is -0.324. The second kappa shape index (κ2) is 7.95. The predicted octanol–water partition coefficient (Wildman–Crippen LogP) is 2.81. The van der Waals surface area contributed by atoms with Crippen LogP contribution in [0.1, 0.15) is 46.0 Å². The number of benzene rings is 2. The Morgan fingerprint density at radius 2 is 1.54 bits per heavy atom. The van der Waals surface area contributed by atoms with Crippen molar-refractivity contribution in [2.75, 3.05) is 6.54 Å². The first-order valence-electron chi connectivity index (χ1n) is 8.85. The van der Waals surface area contributed by atoms with E-state index in [1.807, 2.05) is 25.1 Å². The number of nitrogens with zero attached hydrogens (tertiary/aromatic N) is 1. The molecule has 5 heteroatoms. The smallest absolute Gasteiger partial charge is 0.261 e. The molecule has 0 spiro atoms. The van der Waals surface area contributed by atoms with Crippen molar-refractivity contribution in [3.63, 3.8) is 0 Å². The van der Waals surface area contributed by atoms with Crippen LogP contribution in [0.25, 0.3) is 0 Å². The Hall–Kier alpha value is -2.95. The normalized spacial score (nSPS) is 14.3. The molecule has 2 aromatic carbocycles. The number of hydrogen-bond acceptors (Lipinski definition) is 3. The number of nitrogens with one attached hydrogen (secondary N) is 1. The zero-order chi connectivity index (χ0) is 18.5. The summed E-state index contributed by atoms with van der Waals surface area (Å²) in [4.78, 5) is 37.8. The number of hydrogen-bond donors (Lipinski definition) is 1. The minimum absolute atomic E-state index is 0.0323. The van der Waals surface area contributed by atoms with Crippen LogP contribution in [0.15, 0.2) is 54.6 Å². The number of amides is 3. The topological polar surface area (TPSA) is 66.5 Å². The summed E-state index contributed by atoms with van der Waals surface area (Å²) in [6.45, 7) is 2.06. The molecule has 0 aromatic heterocycles. The fraction of sp³-hybridized carbons (Fsp3) is 0.286. The molecular formula is C21H22N2O3. The van der Waals surface area contributed by atoms with Gasteiger partial charge in [0, 0.05) is 19.0 Å². The zero-order valence-corrected chi connectivity index (χ0v) is 14.8. The SMILES string of the molecule is CC(CCc1ccccc1)NC(=O)CCN1C(=O)c2ccccc2C1=O. The third-order valence-corrected chi connectivity index (χ3v) is 4.56. The molecule has 3 rings (SSSR count). The number of fused-ring (bicyclic) bond motifs is 1. The van der Waals surface area contributed by atoms with E-state index in [0.717, 1.165) is 17.7 Å². The fourth-order valence-corrected chi connectivity index (χ4v) is 3.10. The van der Waals surface area contributed by atoms with Crippen LogP contribution >= 0.6 is 0 Å². The van der Waals surface area contributed by atoms with E-state index in [1.54, 1.807) is 24.3 Å². The summed E-state index contributed by atoms with van der Waals surface area (Å²) >= 11 is 0. The Morgan fingerprint density at radius 3 is 2.15 bits per heavy atom. The average Bonchev–Trinajstić information content (AvgIpc) is 2.90. The highest BCUT2D eigenvalue weighted by molar-refractivity contribution is 6.21. The molecule has 5 nitrogen and oxygen atoms in total. The fourth-order valence-electron chi connectivity index (χ4n) is 3.10. The van der Waals surface area contributed by atoms with E-state index in [9.17, 15) is 14.4 Å². The Bertz CT molecular complexity index is 782. The van der Waals surface area contributed by atoms with Gasteiger partial charge in [-0.3, -0.25) is 19.3 Å². The molecule has 1 atom stereocenters. The summed E-state index contributed by atoms with van der Waals surface area (Å²) in [5.41, 5.74) is 2.06. The first kappa shape index (κ1) is 17.9. The lowest BCUT2D eigenvalue weighted by Gasteiger charge is -2.16. The van der Waals surface area contributed by atoms with E-state index >= 15 is 0 Å². The van der Waals surface area contributed by atoms with Gasteiger partial charge in [-0.25, -0.2) is 0 Å². The van der Waals surface area contributed by atoms with Crippen LogP contribution in [0, 0.1) is 0 Å². The van der Waals surface area contributed by atoms with Gasteiger partial charge in [0.25, 0.3) is 11.8 Å². The number of imide groups is 1. The van der Waals surface area contributed by atoms with Crippen LogP contribution in [0.5, 0.6) is 0 Å². The molecule has 1 unspecified atom stereocenters. The van der Waals surface area contributed by atoms with Gasteiger partial charge in [-0.2, -0.15) is 0 Å². The van der Waals surface area contributed by atoms with Gasteiger partial charge in [0.15, 0.2) is 0 Å². The van der Waals surface area contributed by atoms with Crippen LogP contribution in [-0.2, 0) is 11.2 Å². The largest absolute Gasteiger partial charge is 0.354 e. The van der Waals surface area contributed by atoms with E-state index in [2.05, 4.69) is 17.4 Å². The van der Waals surface area contributed by atoms with Crippen molar-refractivity contribution < 1.29 is 14.4 Å². The third kappa shape index (κ3) is 3.99. The molecular weight excluding hydrogens is 328 g/mol. The van der Waals surface area contributed by atoms with Gasteiger partial charge in [-0.15, -0.1) is 0 Å². The first-order chi connectivity index (χ1) is 12.6. The molecule has 0 saturated heterocycles. The van der Waals surface area contributed by atoms with Crippen LogP contribution in [-0.4, -0.2) is 35.2 Å². The second-order valence-corrected chi connectivity index (χ2v) is 6.55. The number of carbonyl (C=O) groups is 3.